The number of hydrogen-bond donors (Lipinski definition) is 1. The van der Waals surface area contributed by atoms with Gasteiger partial charge >= 0.3 is 0 Å². The normalized spacial score (nSPS) is 20.2. The molecule has 1 atom stereocenters. The molecule has 2 aliphatic heterocycles. The second-order valence-electron chi connectivity index (χ2n) is 8.78. The van der Waals surface area contributed by atoms with Crippen molar-refractivity contribution in [3.63, 3.8) is 0 Å². The lowest BCUT2D eigenvalue weighted by Gasteiger charge is -2.38. The Morgan fingerprint density at radius 1 is 0.939 bits per heavy atom. The number of piperazine rings is 2. The van der Waals surface area contributed by atoms with Gasteiger partial charge in [-0.25, -0.2) is 0 Å². The Morgan fingerprint density at radius 2 is 1.64 bits per heavy atom. The highest BCUT2D eigenvalue weighted by Gasteiger charge is 2.33. The zero-order valence-electron chi connectivity index (χ0n) is 19.2. The van der Waals surface area contributed by atoms with Gasteiger partial charge in [0.05, 0.1) is 12.5 Å². The van der Waals surface area contributed by atoms with E-state index in [2.05, 4.69) is 51.5 Å². The van der Waals surface area contributed by atoms with Gasteiger partial charge in [0.2, 0.25) is 11.8 Å². The SMILES string of the molecule is O=C1NCCN(CCc2ccccc2)C1CC(=O)N1CCN(C/C=C/c2ccccc2)CC1. The Morgan fingerprint density at radius 3 is 2.36 bits per heavy atom. The number of benzene rings is 2. The van der Waals surface area contributed by atoms with Gasteiger partial charge < -0.3 is 10.2 Å². The van der Waals surface area contributed by atoms with Crippen LogP contribution in [0.4, 0.5) is 0 Å². The Kier molecular flexibility index (Phi) is 8.28. The molecular formula is C27H34N4O2. The summed E-state index contributed by atoms with van der Waals surface area (Å²) < 4.78 is 0. The number of hydrogen-bond acceptors (Lipinski definition) is 4. The molecular weight excluding hydrogens is 412 g/mol. The first-order chi connectivity index (χ1) is 16.2. The van der Waals surface area contributed by atoms with E-state index in [1.165, 1.54) is 11.1 Å². The highest BCUT2D eigenvalue weighted by molar-refractivity contribution is 5.88. The summed E-state index contributed by atoms with van der Waals surface area (Å²) in [6.07, 6.45) is 5.47. The van der Waals surface area contributed by atoms with Crippen molar-refractivity contribution in [1.82, 2.24) is 20.0 Å². The summed E-state index contributed by atoms with van der Waals surface area (Å²) in [4.78, 5) is 32.1. The number of carbonyl (C=O) groups is 2. The molecule has 2 aliphatic rings. The van der Waals surface area contributed by atoms with Crippen molar-refractivity contribution in [3.05, 3.63) is 77.9 Å². The first-order valence-electron chi connectivity index (χ1n) is 12.0. The van der Waals surface area contributed by atoms with Gasteiger partial charge in [0.15, 0.2) is 0 Å². The van der Waals surface area contributed by atoms with Crippen molar-refractivity contribution in [2.24, 2.45) is 0 Å². The van der Waals surface area contributed by atoms with E-state index in [0.29, 0.717) is 6.54 Å². The molecule has 0 radical (unpaired) electrons. The maximum absolute atomic E-state index is 13.0. The van der Waals surface area contributed by atoms with E-state index in [1.54, 1.807) is 0 Å². The second kappa shape index (κ2) is 11.8. The highest BCUT2D eigenvalue weighted by Crippen LogP contribution is 2.14. The van der Waals surface area contributed by atoms with Crippen LogP contribution >= 0.6 is 0 Å². The smallest absolute Gasteiger partial charge is 0.237 e. The van der Waals surface area contributed by atoms with E-state index in [4.69, 9.17) is 0 Å². The Balaban J connectivity index is 1.24. The fourth-order valence-electron chi connectivity index (χ4n) is 4.55. The lowest BCUT2D eigenvalue weighted by molar-refractivity contribution is -0.139. The van der Waals surface area contributed by atoms with Crippen molar-refractivity contribution >= 4 is 17.9 Å². The molecule has 0 aromatic heterocycles. The summed E-state index contributed by atoms with van der Waals surface area (Å²) in [6.45, 7) is 6.27. The maximum Gasteiger partial charge on any atom is 0.237 e. The van der Waals surface area contributed by atoms with Crippen LogP contribution in [0.1, 0.15) is 17.5 Å². The summed E-state index contributed by atoms with van der Waals surface area (Å²) in [5.74, 6) is 0.0635. The summed E-state index contributed by atoms with van der Waals surface area (Å²) >= 11 is 0. The predicted molar refractivity (Wildman–Crippen MR) is 132 cm³/mol. The first-order valence-corrected chi connectivity index (χ1v) is 12.0. The lowest BCUT2D eigenvalue weighted by atomic mass is 10.1. The average Bonchev–Trinajstić information content (AvgIpc) is 2.86. The standard InChI is InChI=1S/C27H34N4O2/c32-26(31-20-18-29(19-21-31)15-7-12-23-8-3-1-4-9-23)22-25-27(33)28-14-17-30(25)16-13-24-10-5-2-6-11-24/h1-12,25H,13-22H2,(H,28,33)/b12-7+. The highest BCUT2D eigenvalue weighted by atomic mass is 16.2. The molecule has 0 saturated carbocycles. The largest absolute Gasteiger partial charge is 0.353 e. The van der Waals surface area contributed by atoms with E-state index >= 15 is 0 Å². The minimum absolute atomic E-state index is 0.0210. The maximum atomic E-state index is 13.0. The van der Waals surface area contributed by atoms with Gasteiger partial charge in [0, 0.05) is 52.4 Å². The third-order valence-electron chi connectivity index (χ3n) is 6.54. The van der Waals surface area contributed by atoms with Gasteiger partial charge in [-0.3, -0.25) is 19.4 Å². The van der Waals surface area contributed by atoms with Crippen LogP contribution in [0.15, 0.2) is 66.7 Å². The Hall–Kier alpha value is -2.96. The molecule has 33 heavy (non-hydrogen) atoms. The van der Waals surface area contributed by atoms with Crippen molar-refractivity contribution in [2.45, 2.75) is 18.9 Å². The second-order valence-corrected chi connectivity index (χ2v) is 8.78. The molecule has 2 aromatic rings. The zero-order valence-corrected chi connectivity index (χ0v) is 19.2. The summed E-state index contributed by atoms with van der Waals surface area (Å²) in [7, 11) is 0. The van der Waals surface area contributed by atoms with Crippen molar-refractivity contribution < 1.29 is 9.59 Å². The van der Waals surface area contributed by atoms with E-state index in [-0.39, 0.29) is 24.3 Å². The number of carbonyl (C=O) groups excluding carboxylic acids is 2. The quantitative estimate of drug-likeness (QED) is 0.676. The third-order valence-corrected chi connectivity index (χ3v) is 6.54. The molecule has 2 aromatic carbocycles. The average molecular weight is 447 g/mol. The van der Waals surface area contributed by atoms with Crippen molar-refractivity contribution in [1.29, 1.82) is 0 Å². The summed E-state index contributed by atoms with van der Waals surface area (Å²) in [5.41, 5.74) is 2.46. The number of nitrogens with one attached hydrogen (secondary N) is 1. The molecule has 0 spiro atoms. The van der Waals surface area contributed by atoms with Crippen LogP contribution in [-0.2, 0) is 16.0 Å². The van der Waals surface area contributed by atoms with Gasteiger partial charge in [-0.05, 0) is 17.5 Å². The van der Waals surface area contributed by atoms with Gasteiger partial charge in [-0.15, -0.1) is 0 Å². The van der Waals surface area contributed by atoms with E-state index < -0.39 is 0 Å². The molecule has 0 bridgehead atoms. The molecule has 174 valence electrons. The van der Waals surface area contributed by atoms with Crippen LogP contribution in [0.3, 0.4) is 0 Å². The van der Waals surface area contributed by atoms with Crippen LogP contribution in [-0.4, -0.2) is 84.9 Å². The summed E-state index contributed by atoms with van der Waals surface area (Å²) in [5, 5.41) is 2.95. The van der Waals surface area contributed by atoms with E-state index in [0.717, 1.165) is 52.2 Å². The van der Waals surface area contributed by atoms with Gasteiger partial charge in [0.1, 0.15) is 0 Å². The Bertz CT molecular complexity index is 924. The molecule has 1 unspecified atom stereocenters. The van der Waals surface area contributed by atoms with Gasteiger partial charge in [0.25, 0.3) is 0 Å². The van der Waals surface area contributed by atoms with Gasteiger partial charge in [-0.1, -0.05) is 72.8 Å². The number of nitrogens with zero attached hydrogens (tertiary/aromatic N) is 3. The van der Waals surface area contributed by atoms with Crippen LogP contribution in [0.2, 0.25) is 0 Å². The molecule has 1 N–H and O–H groups in total. The van der Waals surface area contributed by atoms with Crippen LogP contribution in [0, 0.1) is 0 Å². The molecule has 4 rings (SSSR count). The van der Waals surface area contributed by atoms with Crippen LogP contribution in [0.25, 0.3) is 6.08 Å². The van der Waals surface area contributed by atoms with Crippen molar-refractivity contribution in [3.8, 4) is 0 Å². The predicted octanol–water partition coefficient (Wildman–Crippen LogP) is 2.28. The third kappa shape index (κ3) is 6.76. The lowest BCUT2D eigenvalue weighted by Crippen LogP contribution is -2.58. The fourth-order valence-corrected chi connectivity index (χ4v) is 4.55. The Labute approximate surface area is 196 Å². The number of amides is 2. The molecule has 2 saturated heterocycles. The van der Waals surface area contributed by atoms with E-state index in [1.807, 2.05) is 41.3 Å². The minimum atomic E-state index is -0.373. The van der Waals surface area contributed by atoms with Crippen LogP contribution < -0.4 is 5.32 Å². The molecule has 2 amide bonds. The summed E-state index contributed by atoms with van der Waals surface area (Å²) in [6, 6.07) is 20.2. The fraction of sp³-hybridized carbons (Fsp3) is 0.407. The molecule has 2 heterocycles. The minimum Gasteiger partial charge on any atom is -0.353 e. The van der Waals surface area contributed by atoms with Gasteiger partial charge in [-0.2, -0.15) is 0 Å². The molecule has 6 nitrogen and oxygen atoms in total. The van der Waals surface area contributed by atoms with Crippen molar-refractivity contribution in [2.75, 3.05) is 52.4 Å². The topological polar surface area (TPSA) is 55.9 Å². The molecule has 2 fully saturated rings. The van der Waals surface area contributed by atoms with E-state index in [9.17, 15) is 9.59 Å². The monoisotopic (exact) mass is 446 g/mol. The number of rotatable bonds is 8. The molecule has 0 aliphatic carbocycles. The zero-order chi connectivity index (χ0) is 22.9. The molecule has 6 heteroatoms. The first kappa shape index (κ1) is 23.2. The van der Waals surface area contributed by atoms with Crippen LogP contribution in [0.5, 0.6) is 0 Å².